The van der Waals surface area contributed by atoms with Crippen molar-refractivity contribution in [2.45, 2.75) is 23.8 Å². The summed E-state index contributed by atoms with van der Waals surface area (Å²) in [6.45, 7) is 0.0760. The van der Waals surface area contributed by atoms with Crippen LogP contribution < -0.4 is 4.90 Å². The third kappa shape index (κ3) is 5.21. The summed E-state index contributed by atoms with van der Waals surface area (Å²) in [7, 11) is -4.03. The Kier molecular flexibility index (Phi) is 7.32. The molecule has 1 atom stereocenters. The van der Waals surface area contributed by atoms with Crippen LogP contribution in [0.5, 0.6) is 0 Å². The van der Waals surface area contributed by atoms with E-state index in [2.05, 4.69) is 38.5 Å². The van der Waals surface area contributed by atoms with E-state index in [4.69, 9.17) is 0 Å². The number of nitrogens with zero attached hydrogens (tertiary/aromatic N) is 2. The van der Waals surface area contributed by atoms with Gasteiger partial charge in [0, 0.05) is 14.6 Å². The summed E-state index contributed by atoms with van der Waals surface area (Å²) in [4.78, 5) is 27.4. The second-order valence-corrected chi connectivity index (χ2v) is 11.6. The van der Waals surface area contributed by atoms with Crippen molar-refractivity contribution in [1.82, 2.24) is 4.31 Å². The Morgan fingerprint density at radius 2 is 1.58 bits per heavy atom. The lowest BCUT2D eigenvalue weighted by Gasteiger charge is -2.27. The number of imide groups is 1. The number of hydrogen-bond donors (Lipinski definition) is 0. The number of hydrogen-bond acceptors (Lipinski definition) is 4. The fourth-order valence-electron chi connectivity index (χ4n) is 3.77. The zero-order valence-electron chi connectivity index (χ0n) is 17.4. The average Bonchev–Trinajstić information content (AvgIpc) is 3.09. The van der Waals surface area contributed by atoms with Crippen LogP contribution in [0, 0.1) is 3.57 Å². The predicted molar refractivity (Wildman–Crippen MR) is 138 cm³/mol. The molecular weight excluding hydrogens is 619 g/mol. The van der Waals surface area contributed by atoms with Gasteiger partial charge < -0.3 is 0 Å². The Morgan fingerprint density at radius 3 is 2.21 bits per heavy atom. The van der Waals surface area contributed by atoms with Crippen LogP contribution in [-0.2, 0) is 26.0 Å². The lowest BCUT2D eigenvalue weighted by Crippen LogP contribution is -2.46. The zero-order chi connectivity index (χ0) is 23.6. The summed E-state index contributed by atoms with van der Waals surface area (Å²) in [5.41, 5.74) is 1.39. The highest BCUT2D eigenvalue weighted by molar-refractivity contribution is 14.1. The standard InChI is InChI=1S/C24H20BrIN2O4S/c25-18-6-12-21(13-7-18)33(31,32)27(15-14-17-4-2-1-3-5-17)22-16-23(29)28(24(22)30)20-10-8-19(26)9-11-20/h1-13,22H,14-16H2. The Labute approximate surface area is 214 Å². The summed E-state index contributed by atoms with van der Waals surface area (Å²) in [5, 5.41) is 0. The number of carbonyl (C=O) groups is 2. The van der Waals surface area contributed by atoms with E-state index in [9.17, 15) is 18.0 Å². The van der Waals surface area contributed by atoms with E-state index >= 15 is 0 Å². The molecule has 6 nitrogen and oxygen atoms in total. The van der Waals surface area contributed by atoms with Crippen molar-refractivity contribution in [3.8, 4) is 0 Å². The van der Waals surface area contributed by atoms with Crippen LogP contribution in [0.4, 0.5) is 5.69 Å². The molecule has 33 heavy (non-hydrogen) atoms. The smallest absolute Gasteiger partial charge is 0.252 e. The van der Waals surface area contributed by atoms with Crippen LogP contribution in [0.2, 0.25) is 0 Å². The van der Waals surface area contributed by atoms with Gasteiger partial charge in [0.05, 0.1) is 17.0 Å². The molecule has 1 fully saturated rings. The van der Waals surface area contributed by atoms with Crippen molar-refractivity contribution in [2.24, 2.45) is 0 Å². The van der Waals surface area contributed by atoms with Gasteiger partial charge >= 0.3 is 0 Å². The first-order chi connectivity index (χ1) is 15.8. The summed E-state index contributed by atoms with van der Waals surface area (Å²) in [6.07, 6.45) is 0.216. The highest BCUT2D eigenvalue weighted by atomic mass is 127. The monoisotopic (exact) mass is 638 g/mol. The lowest BCUT2D eigenvalue weighted by molar-refractivity contribution is -0.122. The molecule has 3 aromatic rings. The van der Waals surface area contributed by atoms with Crippen LogP contribution >= 0.6 is 38.5 Å². The molecule has 1 aliphatic rings. The summed E-state index contributed by atoms with van der Waals surface area (Å²) >= 11 is 5.46. The first-order valence-corrected chi connectivity index (χ1v) is 13.5. The third-order valence-electron chi connectivity index (χ3n) is 5.44. The van der Waals surface area contributed by atoms with Gasteiger partial charge in [-0.15, -0.1) is 0 Å². The van der Waals surface area contributed by atoms with Gasteiger partial charge in [-0.05, 0) is 83.1 Å². The molecule has 0 saturated carbocycles. The van der Waals surface area contributed by atoms with Gasteiger partial charge in [-0.25, -0.2) is 13.3 Å². The number of halogens is 2. The number of benzene rings is 3. The van der Waals surface area contributed by atoms with Crippen LogP contribution in [0.25, 0.3) is 0 Å². The van der Waals surface area contributed by atoms with Gasteiger partial charge in [-0.1, -0.05) is 46.3 Å². The molecule has 0 spiro atoms. The molecule has 0 radical (unpaired) electrons. The van der Waals surface area contributed by atoms with Crippen LogP contribution in [0.3, 0.4) is 0 Å². The molecule has 1 unspecified atom stereocenters. The minimum absolute atomic E-state index is 0.0757. The minimum atomic E-state index is -4.03. The van der Waals surface area contributed by atoms with E-state index < -0.39 is 27.9 Å². The van der Waals surface area contributed by atoms with Gasteiger partial charge in [-0.2, -0.15) is 4.31 Å². The number of carbonyl (C=O) groups excluding carboxylic acids is 2. The Morgan fingerprint density at radius 1 is 0.939 bits per heavy atom. The van der Waals surface area contributed by atoms with Crippen molar-refractivity contribution in [2.75, 3.05) is 11.4 Å². The summed E-state index contributed by atoms with van der Waals surface area (Å²) in [5.74, 6) is -0.947. The zero-order valence-corrected chi connectivity index (χ0v) is 22.0. The molecule has 0 aromatic heterocycles. The number of rotatable bonds is 7. The van der Waals surface area contributed by atoms with Crippen molar-refractivity contribution in [3.63, 3.8) is 0 Å². The van der Waals surface area contributed by atoms with Gasteiger partial charge in [0.25, 0.3) is 5.91 Å². The molecule has 3 aromatic carbocycles. The van der Waals surface area contributed by atoms with E-state index in [1.54, 1.807) is 36.4 Å². The molecule has 0 N–H and O–H groups in total. The molecule has 170 valence electrons. The molecule has 4 rings (SSSR count). The van der Waals surface area contributed by atoms with Crippen LogP contribution in [-0.4, -0.2) is 37.1 Å². The quantitative estimate of drug-likeness (QED) is 0.280. The van der Waals surface area contributed by atoms with Crippen molar-refractivity contribution in [1.29, 1.82) is 0 Å². The fraction of sp³-hybridized carbons (Fsp3) is 0.167. The summed E-state index contributed by atoms with van der Waals surface area (Å²) < 4.78 is 30.1. The Hall–Kier alpha value is -2.08. The molecule has 1 aliphatic heterocycles. The van der Waals surface area contributed by atoms with E-state index in [0.29, 0.717) is 12.1 Å². The predicted octanol–water partition coefficient (Wildman–Crippen LogP) is 4.62. The molecule has 1 heterocycles. The molecule has 2 amide bonds. The maximum Gasteiger partial charge on any atom is 0.252 e. The maximum absolute atomic E-state index is 13.6. The minimum Gasteiger partial charge on any atom is -0.274 e. The molecule has 0 bridgehead atoms. The lowest BCUT2D eigenvalue weighted by atomic mass is 10.1. The first kappa shape index (κ1) is 24.1. The number of amides is 2. The Bertz CT molecular complexity index is 1270. The topological polar surface area (TPSA) is 74.8 Å². The third-order valence-corrected chi connectivity index (χ3v) is 8.61. The van der Waals surface area contributed by atoms with E-state index in [1.165, 1.54) is 16.4 Å². The van der Waals surface area contributed by atoms with Crippen LogP contribution in [0.1, 0.15) is 12.0 Å². The second kappa shape index (κ2) is 10.0. The number of anilines is 1. The largest absolute Gasteiger partial charge is 0.274 e. The second-order valence-electron chi connectivity index (χ2n) is 7.57. The van der Waals surface area contributed by atoms with Gasteiger partial charge in [0.1, 0.15) is 6.04 Å². The SMILES string of the molecule is O=C1CC(N(CCc2ccccc2)S(=O)(=O)c2ccc(Br)cc2)C(=O)N1c1ccc(I)cc1. The first-order valence-electron chi connectivity index (χ1n) is 10.2. The van der Waals surface area contributed by atoms with Gasteiger partial charge in [0.15, 0.2) is 0 Å². The molecule has 9 heteroatoms. The van der Waals surface area contributed by atoms with E-state index in [0.717, 1.165) is 18.5 Å². The van der Waals surface area contributed by atoms with Gasteiger partial charge in [-0.3, -0.25) is 9.59 Å². The van der Waals surface area contributed by atoms with Crippen molar-refractivity contribution < 1.29 is 18.0 Å². The summed E-state index contributed by atoms with van der Waals surface area (Å²) in [6, 6.07) is 21.6. The van der Waals surface area contributed by atoms with Gasteiger partial charge in [0.2, 0.25) is 15.9 Å². The molecular formula is C24H20BrIN2O4S. The molecule has 1 saturated heterocycles. The maximum atomic E-state index is 13.6. The Balaban J connectivity index is 1.69. The van der Waals surface area contributed by atoms with E-state index in [-0.39, 0.29) is 17.9 Å². The average molecular weight is 639 g/mol. The van der Waals surface area contributed by atoms with Crippen molar-refractivity contribution >= 4 is 66.0 Å². The van der Waals surface area contributed by atoms with E-state index in [1.807, 2.05) is 30.3 Å². The molecule has 0 aliphatic carbocycles. The highest BCUT2D eigenvalue weighted by Crippen LogP contribution is 2.30. The normalized spacial score (nSPS) is 16.6. The number of sulfonamides is 1. The fourth-order valence-corrected chi connectivity index (χ4v) is 5.98. The van der Waals surface area contributed by atoms with Crippen LogP contribution in [0.15, 0.2) is 88.2 Å². The van der Waals surface area contributed by atoms with Crippen molar-refractivity contribution in [3.05, 3.63) is 92.5 Å². The highest BCUT2D eigenvalue weighted by Gasteiger charge is 2.46.